The van der Waals surface area contributed by atoms with Crippen LogP contribution in [-0.2, 0) is 0 Å². The maximum atomic E-state index is 4.06. The minimum absolute atomic E-state index is 0.658. The summed E-state index contributed by atoms with van der Waals surface area (Å²) in [5.74, 6) is 2.81. The van der Waals surface area contributed by atoms with Crippen molar-refractivity contribution in [3.8, 4) is 0 Å². The molecule has 2 bridgehead atoms. The van der Waals surface area contributed by atoms with Gasteiger partial charge in [-0.25, -0.2) is 0 Å². The first-order chi connectivity index (χ1) is 6.92. The molecule has 2 fully saturated rings. The van der Waals surface area contributed by atoms with Gasteiger partial charge in [0.25, 0.3) is 0 Å². The number of aromatic nitrogens is 2. The number of nitrogens with zero attached hydrogens (tertiary/aromatic N) is 2. The van der Waals surface area contributed by atoms with E-state index in [-0.39, 0.29) is 0 Å². The van der Waals surface area contributed by atoms with E-state index in [0.717, 1.165) is 17.7 Å². The highest BCUT2D eigenvalue weighted by atomic mass is 15.2. The second-order valence-corrected chi connectivity index (χ2v) is 4.53. The van der Waals surface area contributed by atoms with E-state index in [4.69, 9.17) is 0 Å². The lowest BCUT2D eigenvalue weighted by atomic mass is 9.95. The summed E-state index contributed by atoms with van der Waals surface area (Å²) < 4.78 is 0. The van der Waals surface area contributed by atoms with Gasteiger partial charge in [0.2, 0.25) is 0 Å². The van der Waals surface area contributed by atoms with Crippen LogP contribution in [0.3, 0.4) is 0 Å². The summed E-state index contributed by atoms with van der Waals surface area (Å²) in [5.41, 5.74) is 0. The molecule has 3 nitrogen and oxygen atoms in total. The van der Waals surface area contributed by atoms with Gasteiger partial charge < -0.3 is 5.32 Å². The maximum Gasteiger partial charge on any atom is 0.148 e. The van der Waals surface area contributed by atoms with Crippen LogP contribution in [0, 0.1) is 11.8 Å². The number of hydrogen-bond acceptors (Lipinski definition) is 3. The topological polar surface area (TPSA) is 37.8 Å². The molecule has 3 unspecified atom stereocenters. The van der Waals surface area contributed by atoms with Gasteiger partial charge in [-0.1, -0.05) is 6.42 Å². The zero-order valence-electron chi connectivity index (χ0n) is 8.19. The van der Waals surface area contributed by atoms with Gasteiger partial charge in [-0.3, -0.25) is 0 Å². The van der Waals surface area contributed by atoms with Crippen molar-refractivity contribution in [2.75, 3.05) is 5.32 Å². The second-order valence-electron chi connectivity index (χ2n) is 4.53. The summed E-state index contributed by atoms with van der Waals surface area (Å²) in [6.07, 6.45) is 7.33. The van der Waals surface area contributed by atoms with E-state index in [0.29, 0.717) is 6.04 Å². The summed E-state index contributed by atoms with van der Waals surface area (Å²) >= 11 is 0. The third-order valence-corrected chi connectivity index (χ3v) is 3.64. The van der Waals surface area contributed by atoms with Crippen molar-refractivity contribution in [2.24, 2.45) is 11.8 Å². The Labute approximate surface area is 83.9 Å². The summed E-state index contributed by atoms with van der Waals surface area (Å²) in [6, 6.07) is 4.59. The Balaban J connectivity index is 1.69. The van der Waals surface area contributed by atoms with Crippen molar-refractivity contribution >= 4 is 5.82 Å². The van der Waals surface area contributed by atoms with Crippen LogP contribution in [0.15, 0.2) is 18.3 Å². The molecule has 1 heterocycles. The molecule has 2 saturated carbocycles. The van der Waals surface area contributed by atoms with E-state index in [9.17, 15) is 0 Å². The second kappa shape index (κ2) is 3.23. The van der Waals surface area contributed by atoms with E-state index in [1.54, 1.807) is 6.20 Å². The van der Waals surface area contributed by atoms with Crippen LogP contribution < -0.4 is 5.32 Å². The van der Waals surface area contributed by atoms with E-state index in [1.807, 2.05) is 12.1 Å². The molecule has 3 atom stereocenters. The Hall–Kier alpha value is -1.12. The van der Waals surface area contributed by atoms with E-state index >= 15 is 0 Å². The van der Waals surface area contributed by atoms with Crippen LogP contribution >= 0.6 is 0 Å². The molecule has 1 aromatic rings. The van der Waals surface area contributed by atoms with Crippen LogP contribution in [-0.4, -0.2) is 16.2 Å². The number of fused-ring (bicyclic) bond motifs is 2. The van der Waals surface area contributed by atoms with Crippen LogP contribution in [0.4, 0.5) is 5.82 Å². The number of anilines is 1. The molecular formula is C11H15N3. The fourth-order valence-electron chi connectivity index (χ4n) is 2.99. The molecule has 0 aromatic carbocycles. The van der Waals surface area contributed by atoms with Crippen molar-refractivity contribution in [1.82, 2.24) is 10.2 Å². The third kappa shape index (κ3) is 1.37. The highest BCUT2D eigenvalue weighted by Crippen LogP contribution is 2.45. The Morgan fingerprint density at radius 2 is 2.29 bits per heavy atom. The van der Waals surface area contributed by atoms with Crippen molar-refractivity contribution in [1.29, 1.82) is 0 Å². The molecular weight excluding hydrogens is 174 g/mol. The van der Waals surface area contributed by atoms with E-state index < -0.39 is 0 Å². The largest absolute Gasteiger partial charge is 0.366 e. The first-order valence-electron chi connectivity index (χ1n) is 5.46. The molecule has 0 amide bonds. The molecule has 0 aliphatic heterocycles. The fraction of sp³-hybridized carbons (Fsp3) is 0.636. The smallest absolute Gasteiger partial charge is 0.148 e. The zero-order chi connectivity index (χ0) is 9.38. The third-order valence-electron chi connectivity index (χ3n) is 3.64. The minimum atomic E-state index is 0.658. The van der Waals surface area contributed by atoms with Crippen LogP contribution in [0.1, 0.15) is 25.7 Å². The Morgan fingerprint density at radius 3 is 2.93 bits per heavy atom. The summed E-state index contributed by atoms with van der Waals surface area (Å²) in [4.78, 5) is 0. The van der Waals surface area contributed by atoms with Gasteiger partial charge in [0.05, 0.1) is 0 Å². The lowest BCUT2D eigenvalue weighted by Crippen LogP contribution is -2.26. The molecule has 0 saturated heterocycles. The average Bonchev–Trinajstić information content (AvgIpc) is 2.81. The first-order valence-corrected chi connectivity index (χ1v) is 5.46. The van der Waals surface area contributed by atoms with Crippen LogP contribution in [0.5, 0.6) is 0 Å². The standard InChI is InChI=1S/C11H15N3/c1-2-11(14-12-5-1)13-10-7-8-3-4-9(10)6-8/h1-2,5,8-10H,3-4,6-7H2,(H,13,14). The van der Waals surface area contributed by atoms with Gasteiger partial charge in [-0.05, 0) is 43.2 Å². The van der Waals surface area contributed by atoms with E-state index in [1.165, 1.54) is 25.7 Å². The number of hydrogen-bond donors (Lipinski definition) is 1. The Bertz CT molecular complexity index is 312. The molecule has 0 spiro atoms. The minimum Gasteiger partial charge on any atom is -0.366 e. The summed E-state index contributed by atoms with van der Waals surface area (Å²) in [7, 11) is 0. The van der Waals surface area contributed by atoms with E-state index in [2.05, 4.69) is 15.5 Å². The van der Waals surface area contributed by atoms with Crippen molar-refractivity contribution in [2.45, 2.75) is 31.7 Å². The molecule has 0 radical (unpaired) electrons. The Morgan fingerprint density at radius 1 is 1.29 bits per heavy atom. The molecule has 1 N–H and O–H groups in total. The Kier molecular flexibility index (Phi) is 1.89. The molecule has 14 heavy (non-hydrogen) atoms. The molecule has 1 aromatic heterocycles. The zero-order valence-corrected chi connectivity index (χ0v) is 8.19. The highest BCUT2D eigenvalue weighted by Gasteiger charge is 2.39. The van der Waals surface area contributed by atoms with Gasteiger partial charge in [0.1, 0.15) is 5.82 Å². The summed E-state index contributed by atoms with van der Waals surface area (Å²) in [6.45, 7) is 0. The van der Waals surface area contributed by atoms with Crippen molar-refractivity contribution < 1.29 is 0 Å². The van der Waals surface area contributed by atoms with Crippen molar-refractivity contribution in [3.63, 3.8) is 0 Å². The summed E-state index contributed by atoms with van der Waals surface area (Å²) in [5, 5.41) is 11.4. The molecule has 3 heteroatoms. The normalized spacial score (nSPS) is 34.7. The number of nitrogens with one attached hydrogen (secondary N) is 1. The molecule has 3 rings (SSSR count). The highest BCUT2D eigenvalue weighted by molar-refractivity contribution is 5.34. The molecule has 2 aliphatic rings. The SMILES string of the molecule is c1cnnc(NC2CC3CCC2C3)c1. The van der Waals surface area contributed by atoms with Gasteiger partial charge >= 0.3 is 0 Å². The fourth-order valence-corrected chi connectivity index (χ4v) is 2.99. The molecule has 2 aliphatic carbocycles. The maximum absolute atomic E-state index is 4.06. The van der Waals surface area contributed by atoms with Gasteiger partial charge in [-0.2, -0.15) is 5.10 Å². The molecule has 74 valence electrons. The van der Waals surface area contributed by atoms with Crippen molar-refractivity contribution in [3.05, 3.63) is 18.3 Å². The monoisotopic (exact) mass is 189 g/mol. The number of rotatable bonds is 2. The van der Waals surface area contributed by atoms with Gasteiger partial charge in [0.15, 0.2) is 0 Å². The predicted octanol–water partition coefficient (Wildman–Crippen LogP) is 2.08. The predicted molar refractivity (Wildman–Crippen MR) is 54.9 cm³/mol. The van der Waals surface area contributed by atoms with Crippen LogP contribution in [0.2, 0.25) is 0 Å². The lowest BCUT2D eigenvalue weighted by Gasteiger charge is -2.22. The quantitative estimate of drug-likeness (QED) is 0.774. The lowest BCUT2D eigenvalue weighted by molar-refractivity contribution is 0.438. The average molecular weight is 189 g/mol. The van der Waals surface area contributed by atoms with Gasteiger partial charge in [0, 0.05) is 12.2 Å². The van der Waals surface area contributed by atoms with Gasteiger partial charge in [-0.15, -0.1) is 5.10 Å². The first kappa shape index (κ1) is 8.21. The van der Waals surface area contributed by atoms with Crippen LogP contribution in [0.25, 0.3) is 0 Å².